The van der Waals surface area contributed by atoms with Crippen LogP contribution in [0, 0.1) is 0 Å². The van der Waals surface area contributed by atoms with Crippen LogP contribution in [0.4, 0.5) is 0 Å². The standard InChI is InChI=1S/C14H18N2/c1-13(2)7-14(3,4)10-6-12-11(5-9(10)13)15-8-16-12/h5-6,8H,7H2,1-4H3,(H,15,16). The van der Waals surface area contributed by atoms with Gasteiger partial charge in [-0.2, -0.15) is 0 Å². The van der Waals surface area contributed by atoms with Crippen LogP contribution in [-0.4, -0.2) is 9.97 Å². The first-order chi connectivity index (χ1) is 7.40. The van der Waals surface area contributed by atoms with E-state index in [-0.39, 0.29) is 10.8 Å². The summed E-state index contributed by atoms with van der Waals surface area (Å²) in [6.45, 7) is 9.34. The van der Waals surface area contributed by atoms with E-state index in [9.17, 15) is 0 Å². The van der Waals surface area contributed by atoms with E-state index in [2.05, 4.69) is 49.8 Å². The molecule has 1 N–H and O–H groups in total. The fourth-order valence-corrected chi connectivity index (χ4v) is 3.40. The molecular weight excluding hydrogens is 196 g/mol. The van der Waals surface area contributed by atoms with Crippen LogP contribution < -0.4 is 0 Å². The number of hydrogen-bond acceptors (Lipinski definition) is 1. The van der Waals surface area contributed by atoms with Crippen LogP contribution in [0.3, 0.4) is 0 Å². The minimum Gasteiger partial charge on any atom is -0.345 e. The first-order valence-electron chi connectivity index (χ1n) is 5.88. The fourth-order valence-electron chi connectivity index (χ4n) is 3.40. The topological polar surface area (TPSA) is 28.7 Å². The fraction of sp³-hybridized carbons (Fsp3) is 0.500. The van der Waals surface area contributed by atoms with Gasteiger partial charge in [0.15, 0.2) is 0 Å². The largest absolute Gasteiger partial charge is 0.345 e. The highest BCUT2D eigenvalue weighted by Crippen LogP contribution is 2.49. The average Bonchev–Trinajstić information content (AvgIpc) is 2.66. The lowest BCUT2D eigenvalue weighted by Gasteiger charge is -2.22. The number of fused-ring (bicyclic) bond motifs is 2. The summed E-state index contributed by atoms with van der Waals surface area (Å²) in [6.07, 6.45) is 2.99. The van der Waals surface area contributed by atoms with Crippen molar-refractivity contribution >= 4 is 11.0 Å². The van der Waals surface area contributed by atoms with E-state index in [0.717, 1.165) is 11.0 Å². The monoisotopic (exact) mass is 214 g/mol. The SMILES string of the molecule is CC1(C)CC(C)(C)c2cc3[nH]cnc3cc21. The summed E-state index contributed by atoms with van der Waals surface area (Å²) in [5.74, 6) is 0. The Hall–Kier alpha value is -1.31. The third-order valence-corrected chi connectivity index (χ3v) is 3.90. The van der Waals surface area contributed by atoms with E-state index in [1.807, 2.05) is 0 Å². The van der Waals surface area contributed by atoms with Crippen molar-refractivity contribution in [3.8, 4) is 0 Å². The number of aromatic amines is 1. The highest BCUT2D eigenvalue weighted by atomic mass is 14.9. The number of H-pyrrole nitrogens is 1. The smallest absolute Gasteiger partial charge is 0.0931 e. The third-order valence-electron chi connectivity index (χ3n) is 3.90. The van der Waals surface area contributed by atoms with Crippen LogP contribution in [0.15, 0.2) is 18.5 Å². The minimum absolute atomic E-state index is 0.270. The lowest BCUT2D eigenvalue weighted by molar-refractivity contribution is 0.403. The van der Waals surface area contributed by atoms with Crippen LogP contribution >= 0.6 is 0 Å². The molecular formula is C14H18N2. The van der Waals surface area contributed by atoms with E-state index in [0.29, 0.717) is 0 Å². The van der Waals surface area contributed by atoms with Gasteiger partial charge in [-0.3, -0.25) is 0 Å². The summed E-state index contributed by atoms with van der Waals surface area (Å²) in [6, 6.07) is 4.54. The summed E-state index contributed by atoms with van der Waals surface area (Å²) in [5.41, 5.74) is 5.74. The molecule has 0 aliphatic heterocycles. The number of rotatable bonds is 0. The molecule has 0 amide bonds. The predicted molar refractivity (Wildman–Crippen MR) is 66.8 cm³/mol. The molecule has 0 radical (unpaired) electrons. The number of imidazole rings is 1. The number of aromatic nitrogens is 2. The Morgan fingerprint density at radius 3 is 2.38 bits per heavy atom. The Balaban J connectivity index is 2.37. The van der Waals surface area contributed by atoms with Crippen LogP contribution in [0.5, 0.6) is 0 Å². The lowest BCUT2D eigenvalue weighted by atomic mass is 9.82. The van der Waals surface area contributed by atoms with Gasteiger partial charge in [0.1, 0.15) is 0 Å². The quantitative estimate of drug-likeness (QED) is 0.714. The van der Waals surface area contributed by atoms with Crippen LogP contribution in [-0.2, 0) is 10.8 Å². The molecule has 1 aromatic heterocycles. The molecule has 0 atom stereocenters. The van der Waals surface area contributed by atoms with Crippen LogP contribution in [0.2, 0.25) is 0 Å². The molecule has 0 spiro atoms. The molecule has 0 fully saturated rings. The Morgan fingerprint density at radius 1 is 1.06 bits per heavy atom. The predicted octanol–water partition coefficient (Wildman–Crippen LogP) is 3.52. The van der Waals surface area contributed by atoms with Gasteiger partial charge in [-0.15, -0.1) is 0 Å². The molecule has 84 valence electrons. The maximum atomic E-state index is 4.35. The second kappa shape index (κ2) is 2.68. The lowest BCUT2D eigenvalue weighted by Crippen LogP contribution is -2.17. The molecule has 1 aliphatic carbocycles. The van der Waals surface area contributed by atoms with Crippen molar-refractivity contribution in [2.75, 3.05) is 0 Å². The van der Waals surface area contributed by atoms with Gasteiger partial charge in [0.05, 0.1) is 17.4 Å². The molecule has 0 saturated heterocycles. The van der Waals surface area contributed by atoms with Crippen molar-refractivity contribution in [2.45, 2.75) is 44.9 Å². The Bertz CT molecular complexity index is 513. The first kappa shape index (κ1) is 9.88. The van der Waals surface area contributed by atoms with E-state index in [4.69, 9.17) is 0 Å². The molecule has 2 aromatic rings. The molecule has 0 bridgehead atoms. The third kappa shape index (κ3) is 1.16. The Labute approximate surface area is 96.1 Å². The average molecular weight is 214 g/mol. The molecule has 1 aromatic carbocycles. The zero-order chi connectivity index (χ0) is 11.6. The minimum atomic E-state index is 0.270. The van der Waals surface area contributed by atoms with E-state index < -0.39 is 0 Å². The molecule has 2 heteroatoms. The van der Waals surface area contributed by atoms with Crippen molar-refractivity contribution in [3.63, 3.8) is 0 Å². The molecule has 0 saturated carbocycles. The second-order valence-corrected chi connectivity index (χ2v) is 6.26. The van der Waals surface area contributed by atoms with E-state index >= 15 is 0 Å². The number of hydrogen-bond donors (Lipinski definition) is 1. The highest BCUT2D eigenvalue weighted by molar-refractivity contribution is 5.78. The van der Waals surface area contributed by atoms with Crippen molar-refractivity contribution in [1.82, 2.24) is 9.97 Å². The van der Waals surface area contributed by atoms with E-state index in [1.165, 1.54) is 17.5 Å². The van der Waals surface area contributed by atoms with Gasteiger partial charge >= 0.3 is 0 Å². The molecule has 1 aliphatic rings. The number of nitrogens with zero attached hydrogens (tertiary/aromatic N) is 1. The Kier molecular flexibility index (Phi) is 1.65. The maximum absolute atomic E-state index is 4.35. The zero-order valence-electron chi connectivity index (χ0n) is 10.4. The summed E-state index contributed by atoms with van der Waals surface area (Å²) in [7, 11) is 0. The summed E-state index contributed by atoms with van der Waals surface area (Å²) < 4.78 is 0. The maximum Gasteiger partial charge on any atom is 0.0931 e. The van der Waals surface area contributed by atoms with Crippen molar-refractivity contribution in [1.29, 1.82) is 0 Å². The van der Waals surface area contributed by atoms with Gasteiger partial charge < -0.3 is 4.98 Å². The number of nitrogens with one attached hydrogen (secondary N) is 1. The molecule has 1 heterocycles. The van der Waals surface area contributed by atoms with Gasteiger partial charge in [0.25, 0.3) is 0 Å². The molecule has 2 nitrogen and oxygen atoms in total. The Morgan fingerprint density at radius 2 is 1.69 bits per heavy atom. The summed E-state index contributed by atoms with van der Waals surface area (Å²) in [5, 5.41) is 0. The zero-order valence-corrected chi connectivity index (χ0v) is 10.4. The van der Waals surface area contributed by atoms with Crippen molar-refractivity contribution in [2.24, 2.45) is 0 Å². The van der Waals surface area contributed by atoms with Crippen molar-refractivity contribution in [3.05, 3.63) is 29.6 Å². The first-order valence-corrected chi connectivity index (χ1v) is 5.88. The van der Waals surface area contributed by atoms with Gasteiger partial charge in [-0.05, 0) is 40.5 Å². The van der Waals surface area contributed by atoms with Crippen molar-refractivity contribution < 1.29 is 0 Å². The number of benzene rings is 1. The second-order valence-electron chi connectivity index (χ2n) is 6.26. The highest BCUT2D eigenvalue weighted by Gasteiger charge is 2.41. The van der Waals surface area contributed by atoms with Gasteiger partial charge in [0.2, 0.25) is 0 Å². The van der Waals surface area contributed by atoms with Gasteiger partial charge in [0, 0.05) is 0 Å². The molecule has 16 heavy (non-hydrogen) atoms. The van der Waals surface area contributed by atoms with Gasteiger partial charge in [-0.25, -0.2) is 4.98 Å². The summed E-state index contributed by atoms with van der Waals surface area (Å²) >= 11 is 0. The normalized spacial score (nSPS) is 21.2. The summed E-state index contributed by atoms with van der Waals surface area (Å²) in [4.78, 5) is 7.56. The van der Waals surface area contributed by atoms with E-state index in [1.54, 1.807) is 6.33 Å². The van der Waals surface area contributed by atoms with Gasteiger partial charge in [-0.1, -0.05) is 27.7 Å². The van der Waals surface area contributed by atoms with Crippen LogP contribution in [0.1, 0.15) is 45.2 Å². The molecule has 0 unspecified atom stereocenters. The van der Waals surface area contributed by atoms with Crippen LogP contribution in [0.25, 0.3) is 11.0 Å². The molecule has 3 rings (SSSR count).